The summed E-state index contributed by atoms with van der Waals surface area (Å²) >= 11 is 6.08. The molecule has 0 saturated heterocycles. The summed E-state index contributed by atoms with van der Waals surface area (Å²) in [6.07, 6.45) is 0. The number of amides is 1. The predicted molar refractivity (Wildman–Crippen MR) is 83.7 cm³/mol. The molecule has 0 radical (unpaired) electrons. The number of para-hydroxylation sites is 2. The smallest absolute Gasteiger partial charge is 0.340 e. The molecule has 6 heteroatoms. The number of halogens is 1. The second-order valence-electron chi connectivity index (χ2n) is 4.31. The van der Waals surface area contributed by atoms with E-state index in [1.807, 2.05) is 0 Å². The third-order valence-corrected chi connectivity index (χ3v) is 3.32. The number of benzene rings is 2. The summed E-state index contributed by atoms with van der Waals surface area (Å²) in [5.74, 6) is -0.597. The highest BCUT2D eigenvalue weighted by atomic mass is 35.5. The molecule has 0 aliphatic heterocycles. The number of hydrogen-bond acceptors (Lipinski definition) is 4. The molecule has 1 N–H and O–H groups in total. The minimum atomic E-state index is -0.585. The molecule has 1 amide bonds. The molecular weight excluding hydrogens is 306 g/mol. The summed E-state index contributed by atoms with van der Waals surface area (Å²) in [6.45, 7) is 0. The van der Waals surface area contributed by atoms with Crippen LogP contribution in [0.25, 0.3) is 0 Å². The number of anilines is 1. The van der Waals surface area contributed by atoms with Crippen molar-refractivity contribution in [1.82, 2.24) is 0 Å². The molecule has 0 atom stereocenters. The average Bonchev–Trinajstić information content (AvgIpc) is 2.55. The topological polar surface area (TPSA) is 64.6 Å². The van der Waals surface area contributed by atoms with Crippen molar-refractivity contribution in [1.29, 1.82) is 0 Å². The normalized spacial score (nSPS) is 9.95. The fraction of sp³-hybridized carbons (Fsp3) is 0.125. The van der Waals surface area contributed by atoms with Crippen LogP contribution >= 0.6 is 11.6 Å². The number of ether oxygens (including phenoxy) is 2. The van der Waals surface area contributed by atoms with Crippen molar-refractivity contribution in [2.45, 2.75) is 0 Å². The van der Waals surface area contributed by atoms with Crippen LogP contribution in [0.2, 0.25) is 5.02 Å². The Bertz CT molecular complexity index is 715. The molecule has 0 aliphatic rings. The molecule has 2 aromatic rings. The Morgan fingerprint density at radius 1 is 1.00 bits per heavy atom. The van der Waals surface area contributed by atoms with Crippen LogP contribution in [0.1, 0.15) is 20.7 Å². The van der Waals surface area contributed by atoms with Gasteiger partial charge in [0.2, 0.25) is 0 Å². The van der Waals surface area contributed by atoms with Crippen LogP contribution in [0.4, 0.5) is 5.69 Å². The van der Waals surface area contributed by atoms with Gasteiger partial charge in [-0.05, 0) is 24.3 Å². The predicted octanol–water partition coefficient (Wildman–Crippen LogP) is 3.39. The SMILES string of the molecule is COC(=O)c1cccc(Cl)c1NC(=O)c1ccccc1OC. The van der Waals surface area contributed by atoms with Crippen LogP contribution in [0.15, 0.2) is 42.5 Å². The lowest BCUT2D eigenvalue weighted by molar-refractivity contribution is 0.0602. The summed E-state index contributed by atoms with van der Waals surface area (Å²) in [7, 11) is 2.73. The van der Waals surface area contributed by atoms with Gasteiger partial charge in [0, 0.05) is 0 Å². The summed E-state index contributed by atoms with van der Waals surface area (Å²) in [6, 6.07) is 11.5. The van der Waals surface area contributed by atoms with Crippen LogP contribution in [0, 0.1) is 0 Å². The molecule has 0 bridgehead atoms. The lowest BCUT2D eigenvalue weighted by atomic mass is 10.1. The van der Waals surface area contributed by atoms with Gasteiger partial charge in [-0.1, -0.05) is 29.8 Å². The number of nitrogens with one attached hydrogen (secondary N) is 1. The summed E-state index contributed by atoms with van der Waals surface area (Å²) in [4.78, 5) is 24.2. The van der Waals surface area contributed by atoms with Gasteiger partial charge in [-0.3, -0.25) is 4.79 Å². The van der Waals surface area contributed by atoms with Gasteiger partial charge >= 0.3 is 5.97 Å². The average molecular weight is 320 g/mol. The highest BCUT2D eigenvalue weighted by Gasteiger charge is 2.19. The number of rotatable bonds is 4. The van der Waals surface area contributed by atoms with Crippen molar-refractivity contribution in [3.05, 3.63) is 58.6 Å². The van der Waals surface area contributed by atoms with Crippen molar-refractivity contribution in [2.24, 2.45) is 0 Å². The second-order valence-corrected chi connectivity index (χ2v) is 4.72. The molecule has 0 fully saturated rings. The van der Waals surface area contributed by atoms with Crippen LogP contribution in [-0.2, 0) is 4.74 Å². The number of methoxy groups -OCH3 is 2. The molecule has 0 aromatic heterocycles. The van der Waals surface area contributed by atoms with Gasteiger partial charge in [-0.2, -0.15) is 0 Å². The van der Waals surface area contributed by atoms with Gasteiger partial charge in [0.05, 0.1) is 36.1 Å². The molecular formula is C16H14ClNO4. The van der Waals surface area contributed by atoms with Gasteiger partial charge in [0.1, 0.15) is 5.75 Å². The van der Waals surface area contributed by atoms with E-state index in [9.17, 15) is 9.59 Å². The van der Waals surface area contributed by atoms with Gasteiger partial charge in [0.25, 0.3) is 5.91 Å². The van der Waals surface area contributed by atoms with Crippen molar-refractivity contribution in [2.75, 3.05) is 19.5 Å². The third kappa shape index (κ3) is 3.20. The second kappa shape index (κ2) is 6.95. The molecule has 22 heavy (non-hydrogen) atoms. The minimum Gasteiger partial charge on any atom is -0.496 e. The van der Waals surface area contributed by atoms with E-state index in [4.69, 9.17) is 21.1 Å². The summed E-state index contributed by atoms with van der Waals surface area (Å²) in [5.41, 5.74) is 0.714. The van der Waals surface area contributed by atoms with Gasteiger partial charge < -0.3 is 14.8 Å². The molecule has 114 valence electrons. The van der Waals surface area contributed by atoms with Crippen LogP contribution in [0.5, 0.6) is 5.75 Å². The van der Waals surface area contributed by atoms with Gasteiger partial charge in [-0.15, -0.1) is 0 Å². The Balaban J connectivity index is 2.38. The zero-order valence-electron chi connectivity index (χ0n) is 12.1. The Hall–Kier alpha value is -2.53. The van der Waals surface area contributed by atoms with E-state index in [0.717, 1.165) is 0 Å². The maximum absolute atomic E-state index is 12.4. The van der Waals surface area contributed by atoms with Crippen LogP contribution in [-0.4, -0.2) is 26.1 Å². The number of carbonyl (C=O) groups excluding carboxylic acids is 2. The van der Waals surface area contributed by atoms with E-state index in [-0.39, 0.29) is 16.3 Å². The lowest BCUT2D eigenvalue weighted by Gasteiger charge is -2.13. The van der Waals surface area contributed by atoms with Crippen molar-refractivity contribution < 1.29 is 19.1 Å². The molecule has 0 unspecified atom stereocenters. The summed E-state index contributed by atoms with van der Waals surface area (Å²) in [5, 5.41) is 2.88. The highest BCUT2D eigenvalue weighted by molar-refractivity contribution is 6.35. The zero-order chi connectivity index (χ0) is 16.1. The Morgan fingerprint density at radius 2 is 1.68 bits per heavy atom. The first-order chi connectivity index (χ1) is 10.6. The van der Waals surface area contributed by atoms with Crippen molar-refractivity contribution >= 4 is 29.2 Å². The van der Waals surface area contributed by atoms with E-state index in [1.165, 1.54) is 20.3 Å². The fourth-order valence-electron chi connectivity index (χ4n) is 1.94. The number of carbonyl (C=O) groups is 2. The van der Waals surface area contributed by atoms with Gasteiger partial charge in [0.15, 0.2) is 0 Å². The molecule has 0 saturated carbocycles. The minimum absolute atomic E-state index is 0.179. The molecule has 0 spiro atoms. The maximum Gasteiger partial charge on any atom is 0.340 e. The first kappa shape index (κ1) is 15.9. The number of hydrogen-bond donors (Lipinski definition) is 1. The van der Waals surface area contributed by atoms with Crippen LogP contribution < -0.4 is 10.1 Å². The van der Waals surface area contributed by atoms with Crippen molar-refractivity contribution in [3.8, 4) is 5.75 Å². The van der Waals surface area contributed by atoms with E-state index >= 15 is 0 Å². The highest BCUT2D eigenvalue weighted by Crippen LogP contribution is 2.28. The molecule has 2 aromatic carbocycles. The summed E-state index contributed by atoms with van der Waals surface area (Å²) < 4.78 is 9.84. The Morgan fingerprint density at radius 3 is 2.36 bits per heavy atom. The molecule has 0 aliphatic carbocycles. The van der Waals surface area contributed by atoms with E-state index in [1.54, 1.807) is 36.4 Å². The quantitative estimate of drug-likeness (QED) is 0.877. The lowest BCUT2D eigenvalue weighted by Crippen LogP contribution is -2.16. The first-order valence-electron chi connectivity index (χ1n) is 6.39. The molecule has 5 nitrogen and oxygen atoms in total. The van der Waals surface area contributed by atoms with Gasteiger partial charge in [-0.25, -0.2) is 4.79 Å². The molecule has 2 rings (SSSR count). The van der Waals surface area contributed by atoms with E-state index < -0.39 is 11.9 Å². The third-order valence-electron chi connectivity index (χ3n) is 3.01. The van der Waals surface area contributed by atoms with Crippen molar-refractivity contribution in [3.63, 3.8) is 0 Å². The zero-order valence-corrected chi connectivity index (χ0v) is 12.8. The number of esters is 1. The largest absolute Gasteiger partial charge is 0.496 e. The Kier molecular flexibility index (Phi) is 5.01. The van der Waals surface area contributed by atoms with E-state index in [2.05, 4.69) is 5.32 Å². The molecule has 0 heterocycles. The maximum atomic E-state index is 12.4. The van der Waals surface area contributed by atoms with E-state index in [0.29, 0.717) is 11.3 Å². The monoisotopic (exact) mass is 319 g/mol. The fourth-order valence-corrected chi connectivity index (χ4v) is 2.17. The standard InChI is InChI=1S/C16H14ClNO4/c1-21-13-9-4-3-6-10(13)15(19)18-14-11(16(20)22-2)7-5-8-12(14)17/h3-9H,1-2H3,(H,18,19). The first-order valence-corrected chi connectivity index (χ1v) is 6.77. The van der Waals surface area contributed by atoms with Crippen LogP contribution in [0.3, 0.4) is 0 Å². The Labute approximate surface area is 132 Å².